The number of aryl methyl sites for hydroxylation is 1. The highest BCUT2D eigenvalue weighted by molar-refractivity contribution is 6.13. The predicted octanol–water partition coefficient (Wildman–Crippen LogP) is 3.48. The highest BCUT2D eigenvalue weighted by Gasteiger charge is 2.21. The summed E-state index contributed by atoms with van der Waals surface area (Å²) in [5, 5.41) is 13.2. The minimum Gasteiger partial charge on any atom is -0.349 e. The van der Waals surface area contributed by atoms with Crippen molar-refractivity contribution < 1.29 is 19.7 Å². The molecule has 0 aliphatic heterocycles. The normalized spacial score (nSPS) is 14.9. The van der Waals surface area contributed by atoms with Crippen molar-refractivity contribution in [3.63, 3.8) is 0 Å². The molecule has 5 heteroatoms. The van der Waals surface area contributed by atoms with Crippen molar-refractivity contribution in [2.75, 3.05) is 0 Å². The summed E-state index contributed by atoms with van der Waals surface area (Å²) in [7, 11) is 0. The molecule has 1 aliphatic rings. The van der Waals surface area contributed by atoms with Gasteiger partial charge in [-0.3, -0.25) is 9.59 Å². The Morgan fingerprint density at radius 2 is 1.96 bits per heavy atom. The van der Waals surface area contributed by atoms with Crippen LogP contribution in [0, 0.1) is 6.92 Å². The van der Waals surface area contributed by atoms with Crippen molar-refractivity contribution in [1.29, 1.82) is 0 Å². The summed E-state index contributed by atoms with van der Waals surface area (Å²) in [4.78, 5) is 28.4. The second kappa shape index (κ2) is 6.38. The van der Waals surface area contributed by atoms with Crippen LogP contribution < -0.4 is 10.2 Å². The molecule has 0 heterocycles. The Labute approximate surface area is 134 Å². The lowest BCUT2D eigenvalue weighted by Gasteiger charge is -2.16. The Balaban J connectivity index is 2.13. The van der Waals surface area contributed by atoms with Gasteiger partial charge in [0.25, 0.3) is 5.91 Å². The van der Waals surface area contributed by atoms with Crippen molar-refractivity contribution in [2.24, 2.45) is 0 Å². The third-order valence-corrected chi connectivity index (χ3v) is 4.52. The van der Waals surface area contributed by atoms with Gasteiger partial charge < -0.3 is 10.2 Å². The monoisotopic (exact) mass is 313 g/mol. The van der Waals surface area contributed by atoms with Crippen LogP contribution >= 0.6 is 0 Å². The Hall–Kier alpha value is -2.40. The van der Waals surface area contributed by atoms with Crippen LogP contribution in [-0.2, 0) is 0 Å². The first kappa shape index (κ1) is 15.5. The van der Waals surface area contributed by atoms with Gasteiger partial charge in [-0.15, -0.1) is 0 Å². The van der Waals surface area contributed by atoms with Crippen LogP contribution in [0.2, 0.25) is 0 Å². The van der Waals surface area contributed by atoms with Crippen LogP contribution in [0.3, 0.4) is 0 Å². The second-order valence-corrected chi connectivity index (χ2v) is 6.00. The fraction of sp³-hybridized carbons (Fsp3) is 0.333. The molecule has 0 saturated heterocycles. The van der Waals surface area contributed by atoms with Gasteiger partial charge in [0.15, 0.2) is 12.0 Å². The molecule has 1 fully saturated rings. The third kappa shape index (κ3) is 2.80. The average molecular weight is 313 g/mol. The van der Waals surface area contributed by atoms with E-state index in [1.807, 2.05) is 6.92 Å². The fourth-order valence-corrected chi connectivity index (χ4v) is 3.36. The number of hydrogen-bond donors (Lipinski definition) is 2. The van der Waals surface area contributed by atoms with Gasteiger partial charge in [-0.1, -0.05) is 25.0 Å². The van der Waals surface area contributed by atoms with Crippen LogP contribution in [0.5, 0.6) is 5.75 Å². The summed E-state index contributed by atoms with van der Waals surface area (Å²) < 4.78 is 0. The molecule has 2 N–H and O–H groups in total. The van der Waals surface area contributed by atoms with Crippen molar-refractivity contribution in [3.05, 3.63) is 41.0 Å². The number of amides is 1. The number of carbonyl (C=O) groups is 2. The summed E-state index contributed by atoms with van der Waals surface area (Å²) >= 11 is 0. The second-order valence-electron chi connectivity index (χ2n) is 6.00. The maximum atomic E-state index is 12.7. The van der Waals surface area contributed by atoms with E-state index in [9.17, 15) is 9.59 Å². The molecule has 0 bridgehead atoms. The maximum absolute atomic E-state index is 12.7. The zero-order valence-electron chi connectivity index (χ0n) is 13.0. The van der Waals surface area contributed by atoms with Gasteiger partial charge in [-0.2, -0.15) is 0 Å². The zero-order valence-corrected chi connectivity index (χ0v) is 13.0. The number of carbonyl (C=O) groups excluding carboxylic acids is 2. The Kier molecular flexibility index (Phi) is 4.30. The number of hydrogen-bond acceptors (Lipinski definition) is 4. The molecule has 23 heavy (non-hydrogen) atoms. The fourth-order valence-electron chi connectivity index (χ4n) is 3.36. The summed E-state index contributed by atoms with van der Waals surface area (Å²) in [6.07, 6.45) is 4.97. The molecule has 1 aliphatic carbocycles. The quantitative estimate of drug-likeness (QED) is 0.515. The predicted molar refractivity (Wildman–Crippen MR) is 87.1 cm³/mol. The zero-order chi connectivity index (χ0) is 16.4. The Morgan fingerprint density at radius 3 is 2.61 bits per heavy atom. The Morgan fingerprint density at radius 1 is 1.22 bits per heavy atom. The molecule has 0 aromatic heterocycles. The van der Waals surface area contributed by atoms with Crippen molar-refractivity contribution in [3.8, 4) is 5.75 Å². The molecule has 0 atom stereocenters. The van der Waals surface area contributed by atoms with E-state index in [0.29, 0.717) is 28.2 Å². The van der Waals surface area contributed by atoms with E-state index < -0.39 is 0 Å². The van der Waals surface area contributed by atoms with Crippen LogP contribution in [0.25, 0.3) is 10.8 Å². The standard InChI is InChI=1S/C18H19NO4/c1-11-6-9-15(23-22)17-12(10-20)7-8-14(16(11)17)18(21)19-13-4-2-3-5-13/h6-10,13,22H,2-5H2,1H3,(H,19,21). The summed E-state index contributed by atoms with van der Waals surface area (Å²) in [6, 6.07) is 6.80. The van der Waals surface area contributed by atoms with Crippen LogP contribution in [0.4, 0.5) is 0 Å². The third-order valence-electron chi connectivity index (χ3n) is 4.52. The maximum Gasteiger partial charge on any atom is 0.252 e. The van der Waals surface area contributed by atoms with Gasteiger partial charge >= 0.3 is 0 Å². The van der Waals surface area contributed by atoms with Gasteiger partial charge in [-0.05, 0) is 37.5 Å². The number of nitrogens with one attached hydrogen (secondary N) is 1. The number of rotatable bonds is 4. The largest absolute Gasteiger partial charge is 0.349 e. The smallest absolute Gasteiger partial charge is 0.252 e. The van der Waals surface area contributed by atoms with Gasteiger partial charge in [0.05, 0.1) is 0 Å². The lowest BCUT2D eigenvalue weighted by molar-refractivity contribution is -0.136. The topological polar surface area (TPSA) is 75.6 Å². The minimum atomic E-state index is -0.155. The van der Waals surface area contributed by atoms with Crippen LogP contribution in [-0.4, -0.2) is 23.5 Å². The Bertz CT molecular complexity index is 763. The van der Waals surface area contributed by atoms with Crippen molar-refractivity contribution in [2.45, 2.75) is 38.6 Å². The molecule has 1 saturated carbocycles. The van der Waals surface area contributed by atoms with Crippen LogP contribution in [0.15, 0.2) is 24.3 Å². The molecule has 2 aromatic rings. The molecule has 5 nitrogen and oxygen atoms in total. The van der Waals surface area contributed by atoms with E-state index in [2.05, 4.69) is 10.2 Å². The highest BCUT2D eigenvalue weighted by Crippen LogP contribution is 2.33. The molecule has 2 aromatic carbocycles. The van der Waals surface area contributed by atoms with Crippen LogP contribution in [0.1, 0.15) is 52.0 Å². The number of fused-ring (bicyclic) bond motifs is 1. The summed E-state index contributed by atoms with van der Waals surface area (Å²) in [5.74, 6) is 0.0146. The van der Waals surface area contributed by atoms with E-state index >= 15 is 0 Å². The molecule has 0 radical (unpaired) electrons. The SMILES string of the molecule is Cc1ccc(OO)c2c(C=O)ccc(C(=O)NC3CCCC3)c12. The van der Waals surface area contributed by atoms with Crippen molar-refractivity contribution >= 4 is 23.0 Å². The molecule has 1 amide bonds. The first-order valence-corrected chi connectivity index (χ1v) is 7.79. The summed E-state index contributed by atoms with van der Waals surface area (Å²) in [5.41, 5.74) is 1.72. The van der Waals surface area contributed by atoms with Gasteiger partial charge in [-0.25, -0.2) is 5.26 Å². The molecule has 120 valence electrons. The van der Waals surface area contributed by atoms with E-state index in [4.69, 9.17) is 5.26 Å². The lowest BCUT2D eigenvalue weighted by Crippen LogP contribution is -2.32. The van der Waals surface area contributed by atoms with Gasteiger partial charge in [0.2, 0.25) is 0 Å². The molecule has 0 unspecified atom stereocenters. The van der Waals surface area contributed by atoms with Gasteiger partial charge in [0.1, 0.15) is 0 Å². The first-order valence-electron chi connectivity index (χ1n) is 7.79. The molecular weight excluding hydrogens is 294 g/mol. The highest BCUT2D eigenvalue weighted by atomic mass is 17.1. The van der Waals surface area contributed by atoms with E-state index in [1.54, 1.807) is 24.3 Å². The van der Waals surface area contributed by atoms with E-state index in [-0.39, 0.29) is 17.7 Å². The number of aldehydes is 1. The number of benzene rings is 2. The molecule has 0 spiro atoms. The van der Waals surface area contributed by atoms with E-state index in [1.165, 1.54) is 0 Å². The summed E-state index contributed by atoms with van der Waals surface area (Å²) in [6.45, 7) is 1.87. The minimum absolute atomic E-state index is 0.155. The molecular formula is C18H19NO4. The van der Waals surface area contributed by atoms with Gasteiger partial charge in [0, 0.05) is 27.9 Å². The van der Waals surface area contributed by atoms with Crippen molar-refractivity contribution in [1.82, 2.24) is 5.32 Å². The lowest BCUT2D eigenvalue weighted by atomic mass is 9.95. The van der Waals surface area contributed by atoms with E-state index in [0.717, 1.165) is 31.2 Å². The molecule has 3 rings (SSSR count). The average Bonchev–Trinajstić information content (AvgIpc) is 3.07. The first-order chi connectivity index (χ1) is 11.2.